The Morgan fingerprint density at radius 3 is 2.55 bits per heavy atom. The molecule has 0 bridgehead atoms. The van der Waals surface area contributed by atoms with E-state index < -0.39 is 0 Å². The Bertz CT molecular complexity index is 447. The van der Waals surface area contributed by atoms with Gasteiger partial charge < -0.3 is 10.1 Å². The van der Waals surface area contributed by atoms with Gasteiger partial charge in [0.25, 0.3) is 0 Å². The van der Waals surface area contributed by atoms with Crippen molar-refractivity contribution in [2.75, 3.05) is 13.2 Å². The Labute approximate surface area is 119 Å². The van der Waals surface area contributed by atoms with Crippen LogP contribution in [0.25, 0.3) is 6.08 Å². The molecule has 0 aliphatic carbocycles. The van der Waals surface area contributed by atoms with Crippen molar-refractivity contribution < 1.29 is 13.9 Å². The van der Waals surface area contributed by atoms with Crippen LogP contribution in [-0.4, -0.2) is 24.7 Å². The third kappa shape index (κ3) is 7.69. The van der Waals surface area contributed by atoms with Crippen LogP contribution in [-0.2, 0) is 9.53 Å². The molecule has 0 spiro atoms. The van der Waals surface area contributed by atoms with E-state index in [0.29, 0.717) is 6.61 Å². The molecule has 0 saturated carbocycles. The lowest BCUT2D eigenvalue weighted by molar-refractivity contribution is -0.137. The molecule has 0 aromatic heterocycles. The zero-order valence-electron chi connectivity index (χ0n) is 12.3. The van der Waals surface area contributed by atoms with Crippen LogP contribution in [0.4, 0.5) is 4.39 Å². The highest BCUT2D eigenvalue weighted by molar-refractivity contribution is 5.86. The molecule has 0 unspecified atom stereocenters. The summed E-state index contributed by atoms with van der Waals surface area (Å²) in [7, 11) is 0. The quantitative estimate of drug-likeness (QED) is 0.494. The van der Waals surface area contributed by atoms with Crippen molar-refractivity contribution in [1.29, 1.82) is 0 Å². The van der Waals surface area contributed by atoms with Gasteiger partial charge in [-0.3, -0.25) is 0 Å². The maximum Gasteiger partial charge on any atom is 0.330 e. The van der Waals surface area contributed by atoms with Crippen molar-refractivity contribution in [2.24, 2.45) is 0 Å². The summed E-state index contributed by atoms with van der Waals surface area (Å²) in [5.74, 6) is -0.679. The fraction of sp³-hybridized carbons (Fsp3) is 0.438. The van der Waals surface area contributed by atoms with Crippen molar-refractivity contribution in [3.63, 3.8) is 0 Å². The normalized spacial score (nSPS) is 11.8. The summed E-state index contributed by atoms with van der Waals surface area (Å²) in [6.07, 6.45) is 3.73. The number of nitrogens with one attached hydrogen (secondary N) is 1. The van der Waals surface area contributed by atoms with Gasteiger partial charge in [0.2, 0.25) is 0 Å². The molecule has 0 amide bonds. The second-order valence-electron chi connectivity index (χ2n) is 5.58. The maximum atomic E-state index is 12.7. The number of carbonyl (C=O) groups is 1. The lowest BCUT2D eigenvalue weighted by Crippen LogP contribution is -2.36. The van der Waals surface area contributed by atoms with E-state index in [1.54, 1.807) is 18.2 Å². The summed E-state index contributed by atoms with van der Waals surface area (Å²) in [6.45, 7) is 7.45. The summed E-state index contributed by atoms with van der Waals surface area (Å²) in [4.78, 5) is 11.4. The monoisotopic (exact) mass is 279 g/mol. The predicted molar refractivity (Wildman–Crippen MR) is 78.8 cm³/mol. The van der Waals surface area contributed by atoms with E-state index in [1.807, 2.05) is 0 Å². The largest absolute Gasteiger partial charge is 0.462 e. The lowest BCUT2D eigenvalue weighted by Gasteiger charge is -2.20. The van der Waals surface area contributed by atoms with Crippen LogP contribution in [0.1, 0.15) is 32.8 Å². The van der Waals surface area contributed by atoms with Crippen LogP contribution in [0.3, 0.4) is 0 Å². The Balaban J connectivity index is 2.22. The third-order valence-electron chi connectivity index (χ3n) is 2.50. The highest BCUT2D eigenvalue weighted by Gasteiger charge is 2.07. The number of halogens is 1. The zero-order valence-corrected chi connectivity index (χ0v) is 12.3. The van der Waals surface area contributed by atoms with E-state index in [4.69, 9.17) is 4.74 Å². The number of carbonyl (C=O) groups excluding carboxylic acids is 1. The highest BCUT2D eigenvalue weighted by Crippen LogP contribution is 2.04. The average Bonchev–Trinajstić information content (AvgIpc) is 2.36. The van der Waals surface area contributed by atoms with Crippen molar-refractivity contribution in [3.8, 4) is 0 Å². The molecule has 110 valence electrons. The molecule has 0 heterocycles. The summed E-state index contributed by atoms with van der Waals surface area (Å²) in [5.41, 5.74) is 0.838. The molecule has 0 fully saturated rings. The van der Waals surface area contributed by atoms with Crippen LogP contribution < -0.4 is 5.32 Å². The first-order valence-electron chi connectivity index (χ1n) is 6.72. The summed E-state index contributed by atoms with van der Waals surface area (Å²) in [5, 5.41) is 3.31. The van der Waals surface area contributed by atoms with E-state index in [1.165, 1.54) is 18.2 Å². The van der Waals surface area contributed by atoms with Crippen LogP contribution >= 0.6 is 0 Å². The van der Waals surface area contributed by atoms with Crippen molar-refractivity contribution >= 4 is 12.0 Å². The van der Waals surface area contributed by atoms with Gasteiger partial charge in [-0.15, -0.1) is 0 Å². The predicted octanol–water partition coefficient (Wildman–Crippen LogP) is 3.16. The molecule has 4 heteroatoms. The maximum absolute atomic E-state index is 12.7. The molecule has 0 radical (unpaired) electrons. The van der Waals surface area contributed by atoms with Crippen molar-refractivity contribution in [1.82, 2.24) is 5.32 Å². The van der Waals surface area contributed by atoms with Crippen molar-refractivity contribution in [3.05, 3.63) is 41.7 Å². The average molecular weight is 279 g/mol. The molecule has 1 rings (SSSR count). The van der Waals surface area contributed by atoms with Gasteiger partial charge in [-0.25, -0.2) is 9.18 Å². The van der Waals surface area contributed by atoms with E-state index in [-0.39, 0.29) is 17.3 Å². The molecule has 0 aliphatic rings. The minimum Gasteiger partial charge on any atom is -0.462 e. The number of esters is 1. The van der Waals surface area contributed by atoms with E-state index in [9.17, 15) is 9.18 Å². The van der Waals surface area contributed by atoms with Gasteiger partial charge in [0.15, 0.2) is 0 Å². The minimum absolute atomic E-state index is 0.0759. The summed E-state index contributed by atoms with van der Waals surface area (Å²) in [6, 6.07) is 5.91. The molecule has 0 saturated heterocycles. The van der Waals surface area contributed by atoms with Gasteiger partial charge in [0.05, 0.1) is 6.61 Å². The Morgan fingerprint density at radius 1 is 1.30 bits per heavy atom. The molecule has 1 aromatic carbocycles. The smallest absolute Gasteiger partial charge is 0.330 e. The molecule has 3 nitrogen and oxygen atoms in total. The zero-order chi connectivity index (χ0) is 15.0. The standard InChI is InChI=1S/C16H22FNO2/c1-16(2,3)18-11-4-12-20-15(19)10-7-13-5-8-14(17)9-6-13/h5-10,18H,4,11-12H2,1-3H3/b10-7+. The van der Waals surface area contributed by atoms with Gasteiger partial charge in [-0.2, -0.15) is 0 Å². The van der Waals surface area contributed by atoms with Gasteiger partial charge in [-0.05, 0) is 57.5 Å². The molecular weight excluding hydrogens is 257 g/mol. The van der Waals surface area contributed by atoms with Gasteiger partial charge >= 0.3 is 5.97 Å². The molecule has 20 heavy (non-hydrogen) atoms. The topological polar surface area (TPSA) is 38.3 Å². The fourth-order valence-electron chi connectivity index (χ4n) is 1.49. The summed E-state index contributed by atoms with van der Waals surface area (Å²) < 4.78 is 17.7. The first kappa shape index (κ1) is 16.4. The number of benzene rings is 1. The van der Waals surface area contributed by atoms with Crippen LogP contribution in [0, 0.1) is 5.82 Å². The Morgan fingerprint density at radius 2 is 1.95 bits per heavy atom. The SMILES string of the molecule is CC(C)(C)NCCCOC(=O)/C=C/c1ccc(F)cc1. The first-order valence-corrected chi connectivity index (χ1v) is 6.72. The molecular formula is C16H22FNO2. The second-order valence-corrected chi connectivity index (χ2v) is 5.58. The molecule has 0 aliphatic heterocycles. The van der Waals surface area contributed by atoms with Gasteiger partial charge in [-0.1, -0.05) is 12.1 Å². The summed E-state index contributed by atoms with van der Waals surface area (Å²) >= 11 is 0. The minimum atomic E-state index is -0.384. The third-order valence-corrected chi connectivity index (χ3v) is 2.50. The Kier molecular flexibility index (Phi) is 6.39. The van der Waals surface area contributed by atoms with Crippen LogP contribution in [0.5, 0.6) is 0 Å². The van der Waals surface area contributed by atoms with Crippen LogP contribution in [0.15, 0.2) is 30.3 Å². The lowest BCUT2D eigenvalue weighted by atomic mass is 10.1. The Hall–Kier alpha value is -1.68. The van der Waals surface area contributed by atoms with Crippen molar-refractivity contribution in [2.45, 2.75) is 32.7 Å². The number of rotatable bonds is 6. The molecule has 0 atom stereocenters. The molecule has 1 aromatic rings. The number of hydrogen-bond acceptors (Lipinski definition) is 3. The van der Waals surface area contributed by atoms with Gasteiger partial charge in [0.1, 0.15) is 5.82 Å². The van der Waals surface area contributed by atoms with Crippen LogP contribution in [0.2, 0.25) is 0 Å². The fourth-order valence-corrected chi connectivity index (χ4v) is 1.49. The number of ether oxygens (including phenoxy) is 1. The first-order chi connectivity index (χ1) is 9.37. The number of hydrogen-bond donors (Lipinski definition) is 1. The van der Waals surface area contributed by atoms with E-state index in [0.717, 1.165) is 18.5 Å². The van der Waals surface area contributed by atoms with E-state index in [2.05, 4.69) is 26.1 Å². The van der Waals surface area contributed by atoms with E-state index >= 15 is 0 Å². The highest BCUT2D eigenvalue weighted by atomic mass is 19.1. The second kappa shape index (κ2) is 7.80. The molecule has 1 N–H and O–H groups in total. The van der Waals surface area contributed by atoms with Gasteiger partial charge in [0, 0.05) is 11.6 Å².